The maximum absolute atomic E-state index is 11.8. The second kappa shape index (κ2) is 9.07. The fraction of sp³-hybridized carbons (Fsp3) is 0.300. The molecule has 0 fully saturated rings. The van der Waals surface area contributed by atoms with Gasteiger partial charge in [-0.15, -0.1) is 11.8 Å². The number of nitrogens with zero attached hydrogens (tertiary/aromatic N) is 1. The summed E-state index contributed by atoms with van der Waals surface area (Å²) in [5.74, 6) is 0.604. The molecule has 0 aromatic heterocycles. The molecule has 3 nitrogen and oxygen atoms in total. The molecule has 0 aliphatic heterocycles. The summed E-state index contributed by atoms with van der Waals surface area (Å²) in [5.41, 5.74) is 4.93. The fourth-order valence-electron chi connectivity index (χ4n) is 2.10. The lowest BCUT2D eigenvalue weighted by atomic mass is 9.87. The molecule has 132 valence electrons. The van der Waals surface area contributed by atoms with Crippen LogP contribution in [0.1, 0.15) is 38.3 Å². The van der Waals surface area contributed by atoms with Gasteiger partial charge in [-0.25, -0.2) is 5.43 Å². The first-order valence-corrected chi connectivity index (χ1v) is 9.52. The molecule has 0 unspecified atom stereocenters. The van der Waals surface area contributed by atoms with Crippen molar-refractivity contribution in [1.82, 2.24) is 5.43 Å². The third-order valence-electron chi connectivity index (χ3n) is 3.59. The lowest BCUT2D eigenvalue weighted by Crippen LogP contribution is -2.17. The van der Waals surface area contributed by atoms with Crippen LogP contribution in [0, 0.1) is 0 Å². The molecule has 2 aromatic rings. The first-order valence-electron chi connectivity index (χ1n) is 8.15. The number of carbonyl (C=O) groups excluding carboxylic acids is 1. The van der Waals surface area contributed by atoms with Crippen LogP contribution in [-0.4, -0.2) is 17.9 Å². The number of amides is 1. The van der Waals surface area contributed by atoms with Gasteiger partial charge < -0.3 is 0 Å². The van der Waals surface area contributed by atoms with E-state index in [0.29, 0.717) is 17.2 Å². The Morgan fingerprint density at radius 1 is 1.12 bits per heavy atom. The van der Waals surface area contributed by atoms with E-state index in [0.717, 1.165) is 10.5 Å². The standard InChI is InChI=1S/C20H23ClN2OS/c1-20(2,3)16-6-4-15(5-7-16)14-22-23-19(24)12-13-25-18-10-8-17(21)9-11-18/h4-11,14H,12-13H2,1-3H3,(H,23,24)/b22-14+. The molecule has 1 amide bonds. The second-order valence-electron chi connectivity index (χ2n) is 6.72. The van der Waals surface area contributed by atoms with E-state index >= 15 is 0 Å². The van der Waals surface area contributed by atoms with Gasteiger partial charge in [0.05, 0.1) is 6.21 Å². The van der Waals surface area contributed by atoms with Crippen LogP contribution in [0.4, 0.5) is 0 Å². The van der Waals surface area contributed by atoms with E-state index in [2.05, 4.69) is 43.4 Å². The summed E-state index contributed by atoms with van der Waals surface area (Å²) >= 11 is 7.47. The van der Waals surface area contributed by atoms with Crippen molar-refractivity contribution in [2.24, 2.45) is 5.10 Å². The quantitative estimate of drug-likeness (QED) is 0.425. The van der Waals surface area contributed by atoms with E-state index in [1.807, 2.05) is 36.4 Å². The summed E-state index contributed by atoms with van der Waals surface area (Å²) in [4.78, 5) is 12.9. The highest BCUT2D eigenvalue weighted by Crippen LogP contribution is 2.22. The van der Waals surface area contributed by atoms with Gasteiger partial charge in [-0.3, -0.25) is 4.79 Å². The van der Waals surface area contributed by atoms with Crippen LogP contribution in [0.5, 0.6) is 0 Å². The molecule has 0 saturated carbocycles. The highest BCUT2D eigenvalue weighted by atomic mass is 35.5. The summed E-state index contributed by atoms with van der Waals surface area (Å²) in [6.45, 7) is 6.54. The Balaban J connectivity index is 1.73. The molecule has 0 bridgehead atoms. The average Bonchev–Trinajstić information content (AvgIpc) is 2.56. The van der Waals surface area contributed by atoms with Gasteiger partial charge in [0.15, 0.2) is 0 Å². The zero-order valence-corrected chi connectivity index (χ0v) is 16.3. The van der Waals surface area contributed by atoms with Gasteiger partial charge in [0.25, 0.3) is 0 Å². The number of carbonyl (C=O) groups is 1. The predicted octanol–water partition coefficient (Wildman–Crippen LogP) is 5.27. The van der Waals surface area contributed by atoms with E-state index in [9.17, 15) is 4.79 Å². The van der Waals surface area contributed by atoms with Crippen molar-refractivity contribution in [3.8, 4) is 0 Å². The van der Waals surface area contributed by atoms with Gasteiger partial charge in [0.2, 0.25) is 5.91 Å². The van der Waals surface area contributed by atoms with Gasteiger partial charge in [0, 0.05) is 22.1 Å². The number of benzene rings is 2. The summed E-state index contributed by atoms with van der Waals surface area (Å²) < 4.78 is 0. The van der Waals surface area contributed by atoms with Gasteiger partial charge in [-0.2, -0.15) is 5.10 Å². The van der Waals surface area contributed by atoms with Crippen molar-refractivity contribution in [2.75, 3.05) is 5.75 Å². The molecule has 0 atom stereocenters. The molecular weight excluding hydrogens is 352 g/mol. The second-order valence-corrected chi connectivity index (χ2v) is 8.32. The number of hydrogen-bond donors (Lipinski definition) is 1. The summed E-state index contributed by atoms with van der Waals surface area (Å²) in [6, 6.07) is 15.8. The Kier molecular flexibility index (Phi) is 7.09. The molecule has 2 aromatic carbocycles. The maximum atomic E-state index is 11.8. The SMILES string of the molecule is CC(C)(C)c1ccc(/C=N/NC(=O)CCSc2ccc(Cl)cc2)cc1. The highest BCUT2D eigenvalue weighted by Gasteiger charge is 2.12. The number of hydrazone groups is 1. The Morgan fingerprint density at radius 3 is 2.36 bits per heavy atom. The zero-order valence-electron chi connectivity index (χ0n) is 14.8. The van der Waals surface area contributed by atoms with Crippen molar-refractivity contribution < 1.29 is 4.79 Å². The highest BCUT2D eigenvalue weighted by molar-refractivity contribution is 7.99. The van der Waals surface area contributed by atoms with Crippen LogP contribution < -0.4 is 5.43 Å². The van der Waals surface area contributed by atoms with E-state index in [1.54, 1.807) is 18.0 Å². The van der Waals surface area contributed by atoms with Crippen LogP contribution in [-0.2, 0) is 10.2 Å². The van der Waals surface area contributed by atoms with Gasteiger partial charge in [-0.05, 0) is 40.8 Å². The Bertz CT molecular complexity index is 719. The van der Waals surface area contributed by atoms with Crippen LogP contribution in [0.25, 0.3) is 0 Å². The molecule has 0 heterocycles. The minimum atomic E-state index is -0.0935. The molecular formula is C20H23ClN2OS. The first kappa shape index (κ1) is 19.5. The molecule has 0 saturated heterocycles. The van der Waals surface area contributed by atoms with E-state index in [4.69, 9.17) is 11.6 Å². The topological polar surface area (TPSA) is 41.5 Å². The summed E-state index contributed by atoms with van der Waals surface area (Å²) in [5, 5.41) is 4.73. The maximum Gasteiger partial charge on any atom is 0.240 e. The number of halogens is 1. The van der Waals surface area contributed by atoms with Gasteiger partial charge in [-0.1, -0.05) is 56.6 Å². The number of rotatable bonds is 6. The molecule has 2 rings (SSSR count). The molecule has 1 N–H and O–H groups in total. The Labute approximate surface area is 158 Å². The van der Waals surface area contributed by atoms with E-state index < -0.39 is 0 Å². The van der Waals surface area contributed by atoms with E-state index in [-0.39, 0.29) is 11.3 Å². The van der Waals surface area contributed by atoms with Crippen molar-refractivity contribution in [2.45, 2.75) is 37.5 Å². The molecule has 0 aliphatic rings. The lowest BCUT2D eigenvalue weighted by molar-refractivity contribution is -0.120. The van der Waals surface area contributed by atoms with Crippen molar-refractivity contribution in [3.05, 3.63) is 64.7 Å². The monoisotopic (exact) mass is 374 g/mol. The number of thioether (sulfide) groups is 1. The van der Waals surface area contributed by atoms with E-state index in [1.165, 1.54) is 5.56 Å². The van der Waals surface area contributed by atoms with Gasteiger partial charge >= 0.3 is 0 Å². The molecule has 25 heavy (non-hydrogen) atoms. The van der Waals surface area contributed by atoms with Gasteiger partial charge in [0.1, 0.15) is 0 Å². The summed E-state index contributed by atoms with van der Waals surface area (Å²) in [7, 11) is 0. The van der Waals surface area contributed by atoms with Crippen LogP contribution in [0.3, 0.4) is 0 Å². The number of nitrogens with one attached hydrogen (secondary N) is 1. The number of hydrogen-bond acceptors (Lipinski definition) is 3. The minimum absolute atomic E-state index is 0.0935. The Morgan fingerprint density at radius 2 is 1.76 bits per heavy atom. The molecule has 0 aliphatic carbocycles. The fourth-order valence-corrected chi connectivity index (χ4v) is 3.07. The normalized spacial score (nSPS) is 11.7. The Hall–Kier alpha value is -1.78. The predicted molar refractivity (Wildman–Crippen MR) is 108 cm³/mol. The molecule has 0 radical (unpaired) electrons. The van der Waals surface area contributed by atoms with Crippen LogP contribution in [0.2, 0.25) is 5.02 Å². The third-order valence-corrected chi connectivity index (χ3v) is 4.86. The molecule has 5 heteroatoms. The minimum Gasteiger partial charge on any atom is -0.273 e. The van der Waals surface area contributed by atoms with Crippen molar-refractivity contribution in [3.63, 3.8) is 0 Å². The van der Waals surface area contributed by atoms with Crippen LogP contribution in [0.15, 0.2) is 58.5 Å². The first-order chi connectivity index (χ1) is 11.8. The summed E-state index contributed by atoms with van der Waals surface area (Å²) in [6.07, 6.45) is 2.07. The average molecular weight is 375 g/mol. The third kappa shape index (κ3) is 6.92. The smallest absolute Gasteiger partial charge is 0.240 e. The van der Waals surface area contributed by atoms with Crippen LogP contribution >= 0.6 is 23.4 Å². The molecule has 0 spiro atoms. The lowest BCUT2D eigenvalue weighted by Gasteiger charge is -2.18. The van der Waals surface area contributed by atoms with Crippen molar-refractivity contribution in [1.29, 1.82) is 0 Å². The van der Waals surface area contributed by atoms with Crippen molar-refractivity contribution >= 4 is 35.5 Å². The largest absolute Gasteiger partial charge is 0.273 e. The zero-order chi connectivity index (χ0) is 18.3.